The van der Waals surface area contributed by atoms with Crippen molar-refractivity contribution >= 4 is 5.91 Å². The van der Waals surface area contributed by atoms with Gasteiger partial charge in [0.15, 0.2) is 5.76 Å². The number of hydrogen-bond donors (Lipinski definition) is 0. The Bertz CT molecular complexity index is 586. The van der Waals surface area contributed by atoms with Gasteiger partial charge >= 0.3 is 0 Å². The molecule has 2 aromatic rings. The predicted octanol–water partition coefficient (Wildman–Crippen LogP) is 1.73. The van der Waals surface area contributed by atoms with Crippen LogP contribution in [0.1, 0.15) is 10.4 Å². The summed E-state index contributed by atoms with van der Waals surface area (Å²) in [7, 11) is 2.07. The van der Waals surface area contributed by atoms with E-state index in [2.05, 4.69) is 17.1 Å². The van der Waals surface area contributed by atoms with E-state index in [0.717, 1.165) is 31.7 Å². The average Bonchev–Trinajstić information content (AvgIpc) is 2.97. The molecule has 3 rings (SSSR count). The third kappa shape index (κ3) is 2.44. The van der Waals surface area contributed by atoms with Gasteiger partial charge in [0.1, 0.15) is 5.56 Å². The van der Waals surface area contributed by atoms with E-state index in [1.54, 1.807) is 0 Å². The van der Waals surface area contributed by atoms with E-state index >= 15 is 0 Å². The third-order valence-electron chi connectivity index (χ3n) is 3.63. The van der Waals surface area contributed by atoms with Crippen LogP contribution < -0.4 is 0 Å². The van der Waals surface area contributed by atoms with Crippen molar-refractivity contribution in [1.29, 1.82) is 0 Å². The van der Waals surface area contributed by atoms with Crippen molar-refractivity contribution in [2.45, 2.75) is 0 Å². The van der Waals surface area contributed by atoms with Gasteiger partial charge in [0, 0.05) is 31.7 Å². The quantitative estimate of drug-likeness (QED) is 0.834. The van der Waals surface area contributed by atoms with Crippen molar-refractivity contribution in [1.82, 2.24) is 15.0 Å². The van der Waals surface area contributed by atoms with Gasteiger partial charge in [0.25, 0.3) is 5.91 Å². The molecule has 0 spiro atoms. The molecular formula is C15H17N3O2. The normalized spacial score (nSPS) is 16.4. The highest BCUT2D eigenvalue weighted by atomic mass is 16.5. The number of aromatic nitrogens is 1. The summed E-state index contributed by atoms with van der Waals surface area (Å²) in [6.45, 7) is 3.29. The van der Waals surface area contributed by atoms with Crippen molar-refractivity contribution in [2.75, 3.05) is 33.2 Å². The maximum Gasteiger partial charge on any atom is 0.259 e. The second-order valence-electron chi connectivity index (χ2n) is 5.03. The van der Waals surface area contributed by atoms with Crippen LogP contribution >= 0.6 is 0 Å². The zero-order valence-electron chi connectivity index (χ0n) is 11.5. The molecule has 2 heterocycles. The van der Waals surface area contributed by atoms with Gasteiger partial charge in [-0.05, 0) is 7.05 Å². The van der Waals surface area contributed by atoms with E-state index in [0.29, 0.717) is 11.3 Å². The summed E-state index contributed by atoms with van der Waals surface area (Å²) in [5.74, 6) is 0.549. The molecule has 0 aliphatic carbocycles. The molecule has 1 aliphatic heterocycles. The number of carbonyl (C=O) groups excluding carboxylic acids is 1. The predicted molar refractivity (Wildman–Crippen MR) is 75.3 cm³/mol. The average molecular weight is 271 g/mol. The van der Waals surface area contributed by atoms with Gasteiger partial charge < -0.3 is 14.3 Å². The van der Waals surface area contributed by atoms with Crippen LogP contribution in [0.3, 0.4) is 0 Å². The Kier molecular flexibility index (Phi) is 3.52. The number of hydrogen-bond acceptors (Lipinski definition) is 4. The van der Waals surface area contributed by atoms with E-state index < -0.39 is 0 Å². The lowest BCUT2D eigenvalue weighted by Crippen LogP contribution is -2.47. The maximum atomic E-state index is 12.6. The van der Waals surface area contributed by atoms with Gasteiger partial charge in [-0.25, -0.2) is 0 Å². The van der Waals surface area contributed by atoms with Crippen LogP contribution in [0.2, 0.25) is 0 Å². The number of rotatable bonds is 2. The first-order chi connectivity index (χ1) is 9.75. The molecule has 1 fully saturated rings. The highest BCUT2D eigenvalue weighted by Crippen LogP contribution is 2.24. The van der Waals surface area contributed by atoms with Crippen molar-refractivity contribution in [3.63, 3.8) is 0 Å². The fourth-order valence-corrected chi connectivity index (χ4v) is 2.37. The Morgan fingerprint density at radius 2 is 1.85 bits per heavy atom. The molecule has 20 heavy (non-hydrogen) atoms. The number of piperazine rings is 1. The summed E-state index contributed by atoms with van der Waals surface area (Å²) < 4.78 is 5.28. The van der Waals surface area contributed by atoms with Crippen LogP contribution in [0.25, 0.3) is 11.3 Å². The van der Waals surface area contributed by atoms with Crippen LogP contribution in [0, 0.1) is 0 Å². The first-order valence-electron chi connectivity index (χ1n) is 6.73. The molecule has 0 N–H and O–H groups in total. The van der Waals surface area contributed by atoms with Crippen molar-refractivity contribution in [2.24, 2.45) is 0 Å². The van der Waals surface area contributed by atoms with Crippen molar-refractivity contribution in [3.8, 4) is 11.3 Å². The minimum atomic E-state index is -0.00166. The van der Waals surface area contributed by atoms with E-state index in [1.165, 1.54) is 6.20 Å². The minimum absolute atomic E-state index is 0.00166. The van der Waals surface area contributed by atoms with Crippen LogP contribution in [-0.4, -0.2) is 54.1 Å². The van der Waals surface area contributed by atoms with E-state index in [9.17, 15) is 4.79 Å². The molecule has 1 saturated heterocycles. The lowest BCUT2D eigenvalue weighted by molar-refractivity contribution is 0.0664. The molecule has 1 aromatic heterocycles. The second kappa shape index (κ2) is 5.46. The summed E-state index contributed by atoms with van der Waals surface area (Å²) in [6.07, 6.45) is 1.52. The molecule has 5 nitrogen and oxygen atoms in total. The second-order valence-corrected chi connectivity index (χ2v) is 5.03. The molecule has 1 aliphatic rings. The van der Waals surface area contributed by atoms with Gasteiger partial charge in [-0.2, -0.15) is 0 Å². The largest absolute Gasteiger partial charge is 0.355 e. The van der Waals surface area contributed by atoms with Crippen molar-refractivity contribution < 1.29 is 9.32 Å². The summed E-state index contributed by atoms with van der Waals surface area (Å²) >= 11 is 0. The molecule has 0 saturated carbocycles. The van der Waals surface area contributed by atoms with Gasteiger partial charge in [0.05, 0.1) is 6.20 Å². The molecule has 1 amide bonds. The fourth-order valence-electron chi connectivity index (χ4n) is 2.37. The Morgan fingerprint density at radius 1 is 1.15 bits per heavy atom. The first kappa shape index (κ1) is 12.9. The zero-order chi connectivity index (χ0) is 13.9. The van der Waals surface area contributed by atoms with Gasteiger partial charge in [-0.15, -0.1) is 0 Å². The Morgan fingerprint density at radius 3 is 2.55 bits per heavy atom. The molecule has 104 valence electrons. The molecule has 0 radical (unpaired) electrons. The van der Waals surface area contributed by atoms with E-state index in [1.807, 2.05) is 35.2 Å². The molecule has 0 bridgehead atoms. The number of amides is 1. The molecule has 1 aromatic carbocycles. The van der Waals surface area contributed by atoms with Crippen molar-refractivity contribution in [3.05, 3.63) is 42.1 Å². The summed E-state index contributed by atoms with van der Waals surface area (Å²) in [5.41, 5.74) is 1.42. The van der Waals surface area contributed by atoms with Gasteiger partial charge in [-0.1, -0.05) is 35.5 Å². The SMILES string of the molecule is CN1CCN(C(=O)c2cnoc2-c2ccccc2)CC1. The number of likely N-dealkylation sites (N-methyl/N-ethyl adjacent to an activating group) is 1. The lowest BCUT2D eigenvalue weighted by atomic mass is 10.1. The zero-order valence-corrected chi connectivity index (χ0v) is 11.5. The fraction of sp³-hybridized carbons (Fsp3) is 0.333. The Hall–Kier alpha value is -2.14. The summed E-state index contributed by atoms with van der Waals surface area (Å²) in [4.78, 5) is 16.6. The van der Waals surface area contributed by atoms with Gasteiger partial charge in [-0.3, -0.25) is 4.79 Å². The molecule has 0 unspecified atom stereocenters. The third-order valence-corrected chi connectivity index (χ3v) is 3.63. The molecule has 5 heteroatoms. The summed E-state index contributed by atoms with van der Waals surface area (Å²) in [6, 6.07) is 9.61. The maximum absolute atomic E-state index is 12.6. The molecule has 0 atom stereocenters. The Balaban J connectivity index is 1.85. The summed E-state index contributed by atoms with van der Waals surface area (Å²) in [5, 5.41) is 3.80. The van der Waals surface area contributed by atoms with E-state index in [-0.39, 0.29) is 5.91 Å². The number of carbonyl (C=O) groups is 1. The highest BCUT2D eigenvalue weighted by molar-refractivity contribution is 5.99. The number of benzene rings is 1. The van der Waals surface area contributed by atoms with Crippen LogP contribution in [0.5, 0.6) is 0 Å². The van der Waals surface area contributed by atoms with Crippen LogP contribution in [0.4, 0.5) is 0 Å². The minimum Gasteiger partial charge on any atom is -0.355 e. The molecular weight excluding hydrogens is 254 g/mol. The van der Waals surface area contributed by atoms with Crippen LogP contribution in [0.15, 0.2) is 41.1 Å². The smallest absolute Gasteiger partial charge is 0.259 e. The van der Waals surface area contributed by atoms with E-state index in [4.69, 9.17) is 4.52 Å². The number of nitrogens with zero attached hydrogens (tertiary/aromatic N) is 3. The van der Waals surface area contributed by atoms with Gasteiger partial charge in [0.2, 0.25) is 0 Å². The highest BCUT2D eigenvalue weighted by Gasteiger charge is 2.25. The lowest BCUT2D eigenvalue weighted by Gasteiger charge is -2.32. The van der Waals surface area contributed by atoms with Crippen LogP contribution in [-0.2, 0) is 0 Å². The first-order valence-corrected chi connectivity index (χ1v) is 6.73. The Labute approximate surface area is 117 Å². The standard InChI is InChI=1S/C15H17N3O2/c1-17-7-9-18(10-8-17)15(19)13-11-16-20-14(13)12-5-3-2-4-6-12/h2-6,11H,7-10H2,1H3. The monoisotopic (exact) mass is 271 g/mol. The topological polar surface area (TPSA) is 49.6 Å².